The minimum atomic E-state index is -1.21. The molecule has 6 nitrogen and oxygen atoms in total. The molecule has 0 radical (unpaired) electrons. The first kappa shape index (κ1) is 13.6. The summed E-state index contributed by atoms with van der Waals surface area (Å²) in [4.78, 5) is 23.9. The third-order valence-electron chi connectivity index (χ3n) is 3.89. The average Bonchev–Trinajstić information content (AvgIpc) is 2.78. The summed E-state index contributed by atoms with van der Waals surface area (Å²) in [6.45, 7) is 3.50. The van der Waals surface area contributed by atoms with Gasteiger partial charge in [0.15, 0.2) is 5.60 Å². The maximum absolute atomic E-state index is 12.1. The maximum Gasteiger partial charge on any atom is 0.344 e. The number of primary amides is 1. The summed E-state index contributed by atoms with van der Waals surface area (Å²) in [5, 5.41) is 3.53. The zero-order valence-corrected chi connectivity index (χ0v) is 11.1. The summed E-state index contributed by atoms with van der Waals surface area (Å²) in [7, 11) is 0. The molecule has 1 saturated carbocycles. The van der Waals surface area contributed by atoms with Crippen LogP contribution < -0.4 is 5.73 Å². The van der Waals surface area contributed by atoms with Gasteiger partial charge in [-0.1, -0.05) is 18.5 Å². The predicted molar refractivity (Wildman–Crippen MR) is 66.2 cm³/mol. The van der Waals surface area contributed by atoms with Crippen LogP contribution in [0.5, 0.6) is 0 Å². The molecule has 1 aromatic heterocycles. The van der Waals surface area contributed by atoms with Crippen molar-refractivity contribution < 1.29 is 18.8 Å². The molecule has 6 heteroatoms. The molecule has 2 N–H and O–H groups in total. The Hall–Kier alpha value is -1.85. The zero-order chi connectivity index (χ0) is 14.0. The van der Waals surface area contributed by atoms with Gasteiger partial charge in [0, 0.05) is 5.92 Å². The number of aromatic nitrogens is 1. The highest BCUT2D eigenvalue weighted by Gasteiger charge is 2.47. The van der Waals surface area contributed by atoms with Gasteiger partial charge in [-0.3, -0.25) is 4.79 Å². The Morgan fingerprint density at radius 2 is 2.26 bits per heavy atom. The summed E-state index contributed by atoms with van der Waals surface area (Å²) in [6.07, 6.45) is 4.42. The van der Waals surface area contributed by atoms with E-state index in [1.165, 1.54) is 6.20 Å². The monoisotopic (exact) mass is 266 g/mol. The van der Waals surface area contributed by atoms with E-state index >= 15 is 0 Å². The standard InChI is InChI=1S/C13H18N2O4/c1-8-5-3-4-6-13(8,12(14)17)18-11(16)10-7-15-19-9(10)2/h7-8H,3-6H2,1-2H3,(H2,14,17). The number of nitrogens with two attached hydrogens (primary N) is 1. The van der Waals surface area contributed by atoms with Gasteiger partial charge >= 0.3 is 5.97 Å². The topological polar surface area (TPSA) is 95.4 Å². The van der Waals surface area contributed by atoms with Crippen LogP contribution in [-0.4, -0.2) is 22.6 Å². The van der Waals surface area contributed by atoms with Gasteiger partial charge in [-0.25, -0.2) is 4.79 Å². The molecule has 1 aromatic rings. The molecule has 1 aliphatic rings. The Labute approximate surface area is 111 Å². The molecule has 2 atom stereocenters. The fourth-order valence-corrected chi connectivity index (χ4v) is 2.60. The number of aryl methyl sites for hydroxylation is 1. The number of nitrogens with zero attached hydrogens (tertiary/aromatic N) is 1. The second kappa shape index (κ2) is 5.03. The van der Waals surface area contributed by atoms with E-state index in [1.807, 2.05) is 6.92 Å². The number of carbonyl (C=O) groups excluding carboxylic acids is 2. The van der Waals surface area contributed by atoms with Crippen molar-refractivity contribution >= 4 is 11.9 Å². The van der Waals surface area contributed by atoms with E-state index < -0.39 is 17.5 Å². The lowest BCUT2D eigenvalue weighted by Gasteiger charge is -2.39. The van der Waals surface area contributed by atoms with E-state index in [0.717, 1.165) is 19.3 Å². The highest BCUT2D eigenvalue weighted by Crippen LogP contribution is 2.37. The van der Waals surface area contributed by atoms with E-state index in [0.29, 0.717) is 12.2 Å². The molecule has 0 aromatic carbocycles. The number of ether oxygens (including phenoxy) is 1. The van der Waals surface area contributed by atoms with Gasteiger partial charge in [0.1, 0.15) is 11.3 Å². The lowest BCUT2D eigenvalue weighted by molar-refractivity contribution is -0.147. The molecule has 0 aliphatic heterocycles. The SMILES string of the molecule is Cc1oncc1C(=O)OC1(C(N)=O)CCCCC1C. The van der Waals surface area contributed by atoms with E-state index in [4.69, 9.17) is 15.0 Å². The number of hydrogen-bond acceptors (Lipinski definition) is 5. The fourth-order valence-electron chi connectivity index (χ4n) is 2.60. The van der Waals surface area contributed by atoms with Crippen molar-refractivity contribution in [3.63, 3.8) is 0 Å². The molecular weight excluding hydrogens is 248 g/mol. The van der Waals surface area contributed by atoms with Crippen LogP contribution in [0.3, 0.4) is 0 Å². The second-order valence-corrected chi connectivity index (χ2v) is 5.09. The van der Waals surface area contributed by atoms with Gasteiger partial charge in [0.2, 0.25) is 0 Å². The highest BCUT2D eigenvalue weighted by molar-refractivity contribution is 5.94. The van der Waals surface area contributed by atoms with Crippen molar-refractivity contribution in [2.45, 2.75) is 45.1 Å². The lowest BCUT2D eigenvalue weighted by Crippen LogP contribution is -2.54. The van der Waals surface area contributed by atoms with Gasteiger partial charge < -0.3 is 15.0 Å². The summed E-state index contributed by atoms with van der Waals surface area (Å²) < 4.78 is 10.3. The molecule has 1 amide bonds. The largest absolute Gasteiger partial charge is 0.445 e. The number of esters is 1. The molecule has 0 bridgehead atoms. The molecular formula is C13H18N2O4. The van der Waals surface area contributed by atoms with Crippen LogP contribution in [0.25, 0.3) is 0 Å². The van der Waals surface area contributed by atoms with Gasteiger partial charge in [0.05, 0.1) is 6.20 Å². The summed E-state index contributed by atoms with van der Waals surface area (Å²) in [5.41, 5.74) is 4.50. The Morgan fingerprint density at radius 1 is 1.53 bits per heavy atom. The Morgan fingerprint density at radius 3 is 2.79 bits per heavy atom. The highest BCUT2D eigenvalue weighted by atomic mass is 16.6. The quantitative estimate of drug-likeness (QED) is 0.838. The molecule has 1 heterocycles. The Bertz CT molecular complexity index is 497. The summed E-state index contributed by atoms with van der Waals surface area (Å²) in [5.74, 6) is -0.899. The average molecular weight is 266 g/mol. The van der Waals surface area contributed by atoms with Crippen LogP contribution in [0.4, 0.5) is 0 Å². The first-order valence-corrected chi connectivity index (χ1v) is 6.42. The smallest absolute Gasteiger partial charge is 0.344 e. The van der Waals surface area contributed by atoms with E-state index in [1.54, 1.807) is 6.92 Å². The van der Waals surface area contributed by atoms with Crippen LogP contribution in [0, 0.1) is 12.8 Å². The van der Waals surface area contributed by atoms with Crippen molar-refractivity contribution in [1.82, 2.24) is 5.16 Å². The lowest BCUT2D eigenvalue weighted by atomic mass is 9.75. The minimum Gasteiger partial charge on any atom is -0.445 e. The third kappa shape index (κ3) is 2.34. The summed E-state index contributed by atoms with van der Waals surface area (Å²) in [6, 6.07) is 0. The van der Waals surface area contributed by atoms with Crippen molar-refractivity contribution in [3.05, 3.63) is 17.5 Å². The Balaban J connectivity index is 2.24. The second-order valence-electron chi connectivity index (χ2n) is 5.09. The molecule has 1 aliphatic carbocycles. The Kier molecular flexibility index (Phi) is 3.59. The van der Waals surface area contributed by atoms with Crippen molar-refractivity contribution in [2.24, 2.45) is 11.7 Å². The van der Waals surface area contributed by atoms with E-state index in [2.05, 4.69) is 5.16 Å². The van der Waals surface area contributed by atoms with Crippen LogP contribution in [0.15, 0.2) is 10.7 Å². The van der Waals surface area contributed by atoms with Crippen LogP contribution >= 0.6 is 0 Å². The zero-order valence-electron chi connectivity index (χ0n) is 11.1. The molecule has 0 saturated heterocycles. The van der Waals surface area contributed by atoms with Crippen molar-refractivity contribution in [2.75, 3.05) is 0 Å². The number of rotatable bonds is 3. The van der Waals surface area contributed by atoms with Crippen LogP contribution in [0.2, 0.25) is 0 Å². The predicted octanol–water partition coefficient (Wildman–Crippen LogP) is 1.57. The van der Waals surface area contributed by atoms with Gasteiger partial charge in [0.25, 0.3) is 5.91 Å². The molecule has 104 valence electrons. The molecule has 0 spiro atoms. The van der Waals surface area contributed by atoms with Crippen LogP contribution in [-0.2, 0) is 9.53 Å². The van der Waals surface area contributed by atoms with Crippen LogP contribution in [0.1, 0.15) is 48.7 Å². The maximum atomic E-state index is 12.1. The van der Waals surface area contributed by atoms with E-state index in [9.17, 15) is 9.59 Å². The van der Waals surface area contributed by atoms with Gasteiger partial charge in [-0.15, -0.1) is 0 Å². The molecule has 1 fully saturated rings. The first-order chi connectivity index (χ1) is 8.97. The minimum absolute atomic E-state index is 0.0807. The molecule has 19 heavy (non-hydrogen) atoms. The first-order valence-electron chi connectivity index (χ1n) is 6.42. The van der Waals surface area contributed by atoms with Gasteiger partial charge in [-0.05, 0) is 26.2 Å². The number of hydrogen-bond donors (Lipinski definition) is 1. The number of amides is 1. The summed E-state index contributed by atoms with van der Waals surface area (Å²) >= 11 is 0. The van der Waals surface area contributed by atoms with Gasteiger partial charge in [-0.2, -0.15) is 0 Å². The number of carbonyl (C=O) groups is 2. The third-order valence-corrected chi connectivity index (χ3v) is 3.89. The molecule has 2 unspecified atom stereocenters. The van der Waals surface area contributed by atoms with E-state index in [-0.39, 0.29) is 11.5 Å². The molecule has 2 rings (SSSR count). The normalized spacial score (nSPS) is 26.9. The van der Waals surface area contributed by atoms with Crippen molar-refractivity contribution in [3.8, 4) is 0 Å². The van der Waals surface area contributed by atoms with Crippen molar-refractivity contribution in [1.29, 1.82) is 0 Å². The fraction of sp³-hybridized carbons (Fsp3) is 0.615.